The molecule has 0 saturated carbocycles. The molecule has 3 aromatic rings. The number of hydrogen-bond acceptors (Lipinski definition) is 4. The van der Waals surface area contributed by atoms with E-state index in [0.717, 1.165) is 0 Å². The molecule has 0 unspecified atom stereocenters. The first kappa shape index (κ1) is 16.5. The summed E-state index contributed by atoms with van der Waals surface area (Å²) in [5.41, 5.74) is 2.83. The zero-order chi connectivity index (χ0) is 17.6. The molecule has 0 bridgehead atoms. The normalized spacial score (nSPS) is 9.92. The van der Waals surface area contributed by atoms with Crippen LogP contribution in [0.4, 0.5) is 17.1 Å². The standard InChI is InChI=1S/C19H13ClN4O/c20-14-5-7-15(8-6-14)24-19(25)18-10-9-16(12-22-18)23-17-4-2-1-3-13(17)11-21/h1-10,12,23H,(H,24,25). The molecule has 1 amide bonds. The number of rotatable bonds is 4. The van der Waals surface area contributed by atoms with Crippen LogP contribution in [0.15, 0.2) is 66.9 Å². The molecule has 2 N–H and O–H groups in total. The third-order valence-electron chi connectivity index (χ3n) is 3.42. The minimum absolute atomic E-state index is 0.286. The molecule has 0 aliphatic rings. The van der Waals surface area contributed by atoms with Crippen LogP contribution in [-0.4, -0.2) is 10.9 Å². The molecule has 0 fully saturated rings. The third kappa shape index (κ3) is 4.14. The van der Waals surface area contributed by atoms with Gasteiger partial charge >= 0.3 is 0 Å². The van der Waals surface area contributed by atoms with E-state index in [1.165, 1.54) is 0 Å². The average molecular weight is 349 g/mol. The maximum atomic E-state index is 12.2. The molecule has 0 radical (unpaired) electrons. The summed E-state index contributed by atoms with van der Waals surface area (Å²) in [6.45, 7) is 0. The summed E-state index contributed by atoms with van der Waals surface area (Å²) >= 11 is 5.82. The first-order chi connectivity index (χ1) is 12.2. The minimum Gasteiger partial charge on any atom is -0.353 e. The molecule has 0 saturated heterocycles. The Morgan fingerprint density at radius 1 is 1.00 bits per heavy atom. The van der Waals surface area contributed by atoms with E-state index >= 15 is 0 Å². The van der Waals surface area contributed by atoms with E-state index in [9.17, 15) is 4.79 Å². The topological polar surface area (TPSA) is 77.8 Å². The highest BCUT2D eigenvalue weighted by Crippen LogP contribution is 2.20. The predicted molar refractivity (Wildman–Crippen MR) is 98.1 cm³/mol. The van der Waals surface area contributed by atoms with Crippen molar-refractivity contribution in [3.63, 3.8) is 0 Å². The van der Waals surface area contributed by atoms with Crippen molar-refractivity contribution < 1.29 is 4.79 Å². The molecule has 1 heterocycles. The van der Waals surface area contributed by atoms with Gasteiger partial charge in [-0.1, -0.05) is 23.7 Å². The van der Waals surface area contributed by atoms with Crippen molar-refractivity contribution >= 4 is 34.6 Å². The van der Waals surface area contributed by atoms with Crippen molar-refractivity contribution in [1.82, 2.24) is 4.98 Å². The second-order valence-electron chi connectivity index (χ2n) is 5.18. The Morgan fingerprint density at radius 2 is 1.72 bits per heavy atom. The van der Waals surface area contributed by atoms with Gasteiger partial charge in [-0.15, -0.1) is 0 Å². The first-order valence-electron chi connectivity index (χ1n) is 7.45. The number of aromatic nitrogens is 1. The van der Waals surface area contributed by atoms with Gasteiger partial charge in [0, 0.05) is 10.7 Å². The molecule has 6 heteroatoms. The molecule has 0 atom stereocenters. The van der Waals surface area contributed by atoms with Gasteiger partial charge in [0.15, 0.2) is 0 Å². The number of hydrogen-bond donors (Lipinski definition) is 2. The number of amides is 1. The number of nitrogens with zero attached hydrogens (tertiary/aromatic N) is 2. The van der Waals surface area contributed by atoms with Gasteiger partial charge in [0.1, 0.15) is 11.8 Å². The SMILES string of the molecule is N#Cc1ccccc1Nc1ccc(C(=O)Nc2ccc(Cl)cc2)nc1. The Kier molecular flexibility index (Phi) is 4.93. The fourth-order valence-electron chi connectivity index (χ4n) is 2.18. The van der Waals surface area contributed by atoms with Crippen LogP contribution in [0, 0.1) is 11.3 Å². The van der Waals surface area contributed by atoms with E-state index in [2.05, 4.69) is 21.7 Å². The van der Waals surface area contributed by atoms with Gasteiger partial charge in [0.05, 0.1) is 23.1 Å². The summed E-state index contributed by atoms with van der Waals surface area (Å²) in [5.74, 6) is -0.314. The largest absolute Gasteiger partial charge is 0.353 e. The van der Waals surface area contributed by atoms with E-state index in [1.54, 1.807) is 60.8 Å². The van der Waals surface area contributed by atoms with Gasteiger partial charge in [-0.3, -0.25) is 4.79 Å². The number of carbonyl (C=O) groups is 1. The highest BCUT2D eigenvalue weighted by Gasteiger charge is 2.08. The van der Waals surface area contributed by atoms with Crippen LogP contribution in [0.3, 0.4) is 0 Å². The Morgan fingerprint density at radius 3 is 2.40 bits per heavy atom. The van der Waals surface area contributed by atoms with Gasteiger partial charge in [-0.2, -0.15) is 5.26 Å². The smallest absolute Gasteiger partial charge is 0.274 e. The highest BCUT2D eigenvalue weighted by atomic mass is 35.5. The van der Waals surface area contributed by atoms with Gasteiger partial charge in [0.2, 0.25) is 0 Å². The molecule has 0 aliphatic heterocycles. The lowest BCUT2D eigenvalue weighted by molar-refractivity contribution is 0.102. The monoisotopic (exact) mass is 348 g/mol. The summed E-state index contributed by atoms with van der Waals surface area (Å²) in [5, 5.41) is 15.6. The van der Waals surface area contributed by atoms with Crippen LogP contribution >= 0.6 is 11.6 Å². The van der Waals surface area contributed by atoms with Gasteiger partial charge in [-0.05, 0) is 48.5 Å². The molecule has 3 rings (SSSR count). The summed E-state index contributed by atoms with van der Waals surface area (Å²) in [6.07, 6.45) is 1.55. The van der Waals surface area contributed by atoms with E-state index in [-0.39, 0.29) is 11.6 Å². The average Bonchev–Trinajstić information content (AvgIpc) is 2.64. The van der Waals surface area contributed by atoms with Crippen LogP contribution in [0.5, 0.6) is 0 Å². The van der Waals surface area contributed by atoms with Crippen LogP contribution in [0.1, 0.15) is 16.1 Å². The number of para-hydroxylation sites is 1. The molecule has 5 nitrogen and oxygen atoms in total. The summed E-state index contributed by atoms with van der Waals surface area (Å²) in [6, 6.07) is 19.5. The fourth-order valence-corrected chi connectivity index (χ4v) is 2.30. The van der Waals surface area contributed by atoms with E-state index in [0.29, 0.717) is 27.6 Å². The summed E-state index contributed by atoms with van der Waals surface area (Å²) < 4.78 is 0. The number of pyridine rings is 1. The number of halogens is 1. The molecule has 0 aliphatic carbocycles. The zero-order valence-corrected chi connectivity index (χ0v) is 13.8. The lowest BCUT2D eigenvalue weighted by Gasteiger charge is -2.09. The summed E-state index contributed by atoms with van der Waals surface area (Å²) in [7, 11) is 0. The maximum absolute atomic E-state index is 12.2. The molecular weight excluding hydrogens is 336 g/mol. The minimum atomic E-state index is -0.314. The molecule has 2 aromatic carbocycles. The predicted octanol–water partition coefficient (Wildman–Crippen LogP) is 4.60. The second-order valence-corrected chi connectivity index (χ2v) is 5.61. The number of benzene rings is 2. The third-order valence-corrected chi connectivity index (χ3v) is 3.68. The molecule has 122 valence electrons. The first-order valence-corrected chi connectivity index (χ1v) is 7.82. The Hall–Kier alpha value is -3.36. The van der Waals surface area contributed by atoms with Crippen molar-refractivity contribution in [2.24, 2.45) is 0 Å². The van der Waals surface area contributed by atoms with Crippen molar-refractivity contribution in [2.45, 2.75) is 0 Å². The Balaban J connectivity index is 1.70. The van der Waals surface area contributed by atoms with Crippen LogP contribution in [-0.2, 0) is 0 Å². The van der Waals surface area contributed by atoms with Crippen LogP contribution in [0.2, 0.25) is 5.02 Å². The van der Waals surface area contributed by atoms with Crippen molar-refractivity contribution in [3.8, 4) is 6.07 Å². The van der Waals surface area contributed by atoms with Crippen molar-refractivity contribution in [1.29, 1.82) is 5.26 Å². The maximum Gasteiger partial charge on any atom is 0.274 e. The van der Waals surface area contributed by atoms with Gasteiger partial charge < -0.3 is 10.6 Å². The molecule has 0 spiro atoms. The van der Waals surface area contributed by atoms with Gasteiger partial charge in [0.25, 0.3) is 5.91 Å². The van der Waals surface area contributed by atoms with Crippen molar-refractivity contribution in [3.05, 3.63) is 83.1 Å². The quantitative estimate of drug-likeness (QED) is 0.722. The lowest BCUT2D eigenvalue weighted by atomic mass is 10.2. The van der Waals surface area contributed by atoms with Gasteiger partial charge in [-0.25, -0.2) is 4.98 Å². The Labute approximate surface area is 149 Å². The number of nitrogens with one attached hydrogen (secondary N) is 2. The van der Waals surface area contributed by atoms with E-state index < -0.39 is 0 Å². The van der Waals surface area contributed by atoms with E-state index in [1.807, 2.05) is 6.07 Å². The lowest BCUT2D eigenvalue weighted by Crippen LogP contribution is -2.13. The van der Waals surface area contributed by atoms with E-state index in [4.69, 9.17) is 16.9 Å². The number of anilines is 3. The summed E-state index contributed by atoms with van der Waals surface area (Å²) in [4.78, 5) is 16.4. The van der Waals surface area contributed by atoms with Crippen molar-refractivity contribution in [2.75, 3.05) is 10.6 Å². The van der Waals surface area contributed by atoms with Crippen LogP contribution in [0.25, 0.3) is 0 Å². The second kappa shape index (κ2) is 7.47. The highest BCUT2D eigenvalue weighted by molar-refractivity contribution is 6.30. The number of carbonyl (C=O) groups excluding carboxylic acids is 1. The molecule has 1 aromatic heterocycles. The Bertz CT molecular complexity index is 931. The van der Waals surface area contributed by atoms with Crippen LogP contribution < -0.4 is 10.6 Å². The fraction of sp³-hybridized carbons (Fsp3) is 0. The number of nitriles is 1. The molecule has 25 heavy (non-hydrogen) atoms. The molecular formula is C19H13ClN4O. The zero-order valence-electron chi connectivity index (χ0n) is 13.0.